The van der Waals surface area contributed by atoms with Crippen LogP contribution in [0.1, 0.15) is 60.0 Å². The van der Waals surface area contributed by atoms with Gasteiger partial charge in [0, 0.05) is 11.3 Å². The summed E-state index contributed by atoms with van der Waals surface area (Å²) in [4.78, 5) is 25.5. The zero-order chi connectivity index (χ0) is 23.5. The van der Waals surface area contributed by atoms with Gasteiger partial charge in [0.05, 0.1) is 11.7 Å². The van der Waals surface area contributed by atoms with Gasteiger partial charge in [0.25, 0.3) is 5.91 Å². The highest BCUT2D eigenvalue weighted by Crippen LogP contribution is 2.28. The number of rotatable bonds is 6. The maximum atomic E-state index is 13.4. The molecule has 1 aliphatic carbocycles. The molecule has 0 saturated heterocycles. The van der Waals surface area contributed by atoms with Gasteiger partial charge in [0.15, 0.2) is 11.8 Å². The number of fused-ring (bicyclic) bond motifs is 1. The number of hydrogen-bond acceptors (Lipinski definition) is 4. The van der Waals surface area contributed by atoms with Crippen LogP contribution in [0.2, 0.25) is 0 Å². The number of amides is 1. The number of aromatic nitrogens is 2. The van der Waals surface area contributed by atoms with Crippen LogP contribution >= 0.6 is 0 Å². The Bertz CT molecular complexity index is 1160. The predicted octanol–water partition coefficient (Wildman–Crippen LogP) is 4.45. The third-order valence-corrected chi connectivity index (χ3v) is 5.83. The molecule has 0 saturated carbocycles. The van der Waals surface area contributed by atoms with Crippen LogP contribution in [0.4, 0.5) is 8.78 Å². The molecule has 2 unspecified atom stereocenters. The second-order valence-electron chi connectivity index (χ2n) is 8.20. The fraction of sp³-hybridized carbons (Fsp3) is 0.320. The van der Waals surface area contributed by atoms with Gasteiger partial charge in [-0.05, 0) is 81.5 Å². The average molecular weight is 453 g/mol. The molecular weight excluding hydrogens is 428 g/mol. The molecule has 1 aliphatic rings. The van der Waals surface area contributed by atoms with E-state index >= 15 is 0 Å². The average Bonchev–Trinajstić information content (AvgIpc) is 3.20. The summed E-state index contributed by atoms with van der Waals surface area (Å²) < 4.78 is 33.6. The molecule has 33 heavy (non-hydrogen) atoms. The van der Waals surface area contributed by atoms with Crippen molar-refractivity contribution in [3.8, 4) is 5.69 Å². The third-order valence-electron chi connectivity index (χ3n) is 5.83. The van der Waals surface area contributed by atoms with E-state index in [4.69, 9.17) is 4.74 Å². The molecule has 1 heterocycles. The van der Waals surface area contributed by atoms with E-state index in [9.17, 15) is 18.4 Å². The summed E-state index contributed by atoms with van der Waals surface area (Å²) in [6, 6.07) is 11.3. The van der Waals surface area contributed by atoms with Crippen LogP contribution in [0.15, 0.2) is 48.5 Å². The van der Waals surface area contributed by atoms with Crippen molar-refractivity contribution >= 4 is 11.9 Å². The van der Waals surface area contributed by atoms with Gasteiger partial charge in [-0.15, -0.1) is 0 Å². The van der Waals surface area contributed by atoms with Crippen LogP contribution in [-0.2, 0) is 22.4 Å². The standard InChI is InChI=1S/C25H25F2N3O3/c1-15(17-7-9-18(26)10-8-17)28-24(31)16(2)33-25(32)23-21-5-3-4-6-22(21)30(29-23)20-13-11-19(27)12-14-20/h7-16H,3-6H2,1-2H3,(H,28,31). The van der Waals surface area contributed by atoms with E-state index in [2.05, 4.69) is 10.4 Å². The van der Waals surface area contributed by atoms with Crippen molar-refractivity contribution < 1.29 is 23.1 Å². The van der Waals surface area contributed by atoms with Crippen molar-refractivity contribution in [2.24, 2.45) is 0 Å². The molecule has 0 aliphatic heterocycles. The Morgan fingerprint density at radius 3 is 2.24 bits per heavy atom. The Hall–Kier alpha value is -3.55. The van der Waals surface area contributed by atoms with Gasteiger partial charge in [-0.25, -0.2) is 18.3 Å². The van der Waals surface area contributed by atoms with Gasteiger partial charge in [-0.2, -0.15) is 5.10 Å². The normalized spacial score (nSPS) is 14.8. The zero-order valence-electron chi connectivity index (χ0n) is 18.5. The maximum absolute atomic E-state index is 13.4. The minimum Gasteiger partial charge on any atom is -0.448 e. The van der Waals surface area contributed by atoms with Crippen molar-refractivity contribution in [1.29, 1.82) is 0 Å². The summed E-state index contributed by atoms with van der Waals surface area (Å²) in [6.45, 7) is 3.26. The molecule has 1 amide bonds. The number of carbonyl (C=O) groups is 2. The Kier molecular flexibility index (Phi) is 6.53. The van der Waals surface area contributed by atoms with E-state index in [1.165, 1.54) is 31.2 Å². The molecule has 0 fully saturated rings. The number of esters is 1. The van der Waals surface area contributed by atoms with Crippen LogP contribution in [0, 0.1) is 11.6 Å². The van der Waals surface area contributed by atoms with Gasteiger partial charge in [0.2, 0.25) is 0 Å². The Morgan fingerprint density at radius 1 is 0.970 bits per heavy atom. The molecule has 0 radical (unpaired) electrons. The van der Waals surface area contributed by atoms with Crippen LogP contribution in [-0.4, -0.2) is 27.8 Å². The highest BCUT2D eigenvalue weighted by atomic mass is 19.1. The largest absolute Gasteiger partial charge is 0.448 e. The van der Waals surface area contributed by atoms with Gasteiger partial charge >= 0.3 is 5.97 Å². The second-order valence-corrected chi connectivity index (χ2v) is 8.20. The molecule has 8 heteroatoms. The fourth-order valence-electron chi connectivity index (χ4n) is 3.99. The molecule has 2 atom stereocenters. The predicted molar refractivity (Wildman–Crippen MR) is 118 cm³/mol. The highest BCUT2D eigenvalue weighted by molar-refractivity contribution is 5.92. The van der Waals surface area contributed by atoms with Gasteiger partial charge in [-0.1, -0.05) is 12.1 Å². The molecule has 1 aromatic heterocycles. The van der Waals surface area contributed by atoms with Crippen molar-refractivity contribution in [2.45, 2.75) is 51.7 Å². The van der Waals surface area contributed by atoms with Gasteiger partial charge in [-0.3, -0.25) is 4.79 Å². The SMILES string of the molecule is CC(OC(=O)c1nn(-c2ccc(F)cc2)c2c1CCCC2)C(=O)NC(C)c1ccc(F)cc1. The van der Waals surface area contributed by atoms with E-state index in [1.807, 2.05) is 0 Å². The lowest BCUT2D eigenvalue weighted by molar-refractivity contribution is -0.129. The minimum absolute atomic E-state index is 0.181. The summed E-state index contributed by atoms with van der Waals surface area (Å²) in [5, 5.41) is 7.24. The zero-order valence-corrected chi connectivity index (χ0v) is 18.5. The second kappa shape index (κ2) is 9.52. The molecule has 4 rings (SSSR count). The summed E-state index contributed by atoms with van der Waals surface area (Å²) in [5.74, 6) is -1.85. The molecule has 3 aromatic rings. The van der Waals surface area contributed by atoms with E-state index in [1.54, 1.807) is 35.9 Å². The van der Waals surface area contributed by atoms with Crippen molar-refractivity contribution in [1.82, 2.24) is 15.1 Å². The van der Waals surface area contributed by atoms with Crippen LogP contribution < -0.4 is 5.32 Å². The molecule has 172 valence electrons. The Labute approximate surface area is 190 Å². The van der Waals surface area contributed by atoms with Crippen molar-refractivity contribution in [3.63, 3.8) is 0 Å². The van der Waals surface area contributed by atoms with E-state index in [0.717, 1.165) is 36.1 Å². The van der Waals surface area contributed by atoms with Crippen LogP contribution in [0.3, 0.4) is 0 Å². The molecule has 6 nitrogen and oxygen atoms in total. The lowest BCUT2D eigenvalue weighted by atomic mass is 9.95. The molecular formula is C25H25F2N3O3. The van der Waals surface area contributed by atoms with Gasteiger partial charge < -0.3 is 10.1 Å². The minimum atomic E-state index is -1.05. The first-order valence-electron chi connectivity index (χ1n) is 11.0. The van der Waals surface area contributed by atoms with E-state index < -0.39 is 18.0 Å². The summed E-state index contributed by atoms with van der Waals surface area (Å²) in [6.07, 6.45) is 2.28. The summed E-state index contributed by atoms with van der Waals surface area (Å²) >= 11 is 0. The number of carbonyl (C=O) groups excluding carboxylic acids is 2. The summed E-state index contributed by atoms with van der Waals surface area (Å²) in [5.41, 5.74) is 3.29. The maximum Gasteiger partial charge on any atom is 0.359 e. The Balaban J connectivity index is 1.49. The van der Waals surface area contributed by atoms with Crippen LogP contribution in [0.25, 0.3) is 5.69 Å². The molecule has 0 bridgehead atoms. The number of ether oxygens (including phenoxy) is 1. The number of hydrogen-bond donors (Lipinski definition) is 1. The third kappa shape index (κ3) is 4.94. The van der Waals surface area contributed by atoms with Crippen LogP contribution in [0.5, 0.6) is 0 Å². The highest BCUT2D eigenvalue weighted by Gasteiger charge is 2.29. The Morgan fingerprint density at radius 2 is 1.58 bits per heavy atom. The van der Waals surface area contributed by atoms with E-state index in [0.29, 0.717) is 12.1 Å². The topological polar surface area (TPSA) is 73.2 Å². The number of nitrogens with one attached hydrogen (secondary N) is 1. The molecule has 0 spiro atoms. The molecule has 1 N–H and O–H groups in total. The quantitative estimate of drug-likeness (QED) is 0.560. The first-order chi connectivity index (χ1) is 15.8. The van der Waals surface area contributed by atoms with E-state index in [-0.39, 0.29) is 23.4 Å². The lowest BCUT2D eigenvalue weighted by Crippen LogP contribution is -2.37. The molecule has 2 aromatic carbocycles. The van der Waals surface area contributed by atoms with Crippen molar-refractivity contribution in [2.75, 3.05) is 0 Å². The number of benzene rings is 2. The fourth-order valence-corrected chi connectivity index (χ4v) is 3.99. The monoisotopic (exact) mass is 453 g/mol. The van der Waals surface area contributed by atoms with Gasteiger partial charge in [0.1, 0.15) is 11.6 Å². The smallest absolute Gasteiger partial charge is 0.359 e. The summed E-state index contributed by atoms with van der Waals surface area (Å²) in [7, 11) is 0. The first-order valence-corrected chi connectivity index (χ1v) is 11.0. The van der Waals surface area contributed by atoms with Crippen molar-refractivity contribution in [3.05, 3.63) is 82.7 Å². The lowest BCUT2D eigenvalue weighted by Gasteiger charge is -2.18. The number of nitrogens with zero attached hydrogens (tertiary/aromatic N) is 2. The number of halogens is 2. The first kappa shape index (κ1) is 22.6.